The number of nitrogens with two attached hydrogens (primary N) is 1. The number of rotatable bonds is 5. The van der Waals surface area contributed by atoms with Crippen molar-refractivity contribution in [3.63, 3.8) is 0 Å². The number of hydrogen-bond acceptors (Lipinski definition) is 3. The van der Waals surface area contributed by atoms with E-state index in [1.165, 1.54) is 6.42 Å². The van der Waals surface area contributed by atoms with Crippen LogP contribution >= 0.6 is 27.5 Å². The summed E-state index contributed by atoms with van der Waals surface area (Å²) in [6, 6.07) is 5.44. The van der Waals surface area contributed by atoms with Gasteiger partial charge in [-0.3, -0.25) is 9.69 Å². The van der Waals surface area contributed by atoms with Crippen LogP contribution in [0.2, 0.25) is 5.02 Å². The highest BCUT2D eigenvalue weighted by Crippen LogP contribution is 2.25. The van der Waals surface area contributed by atoms with E-state index in [1.54, 1.807) is 12.1 Å². The van der Waals surface area contributed by atoms with E-state index in [9.17, 15) is 4.79 Å². The van der Waals surface area contributed by atoms with Crippen molar-refractivity contribution in [2.75, 3.05) is 31.5 Å². The fourth-order valence-corrected chi connectivity index (χ4v) is 3.47. The molecule has 1 saturated heterocycles. The highest BCUT2D eigenvalue weighted by atomic mass is 79.9. The minimum absolute atomic E-state index is 0.0207. The summed E-state index contributed by atoms with van der Waals surface area (Å²) in [7, 11) is 0. The number of hydrogen-bond donors (Lipinski definition) is 2. The molecule has 1 aromatic carbocycles. The monoisotopic (exact) mass is 373 g/mol. The van der Waals surface area contributed by atoms with Gasteiger partial charge >= 0.3 is 0 Å². The van der Waals surface area contributed by atoms with Crippen molar-refractivity contribution in [3.05, 3.63) is 27.7 Å². The number of halogens is 2. The molecule has 4 nitrogen and oxygen atoms in total. The van der Waals surface area contributed by atoms with Crippen LogP contribution < -0.4 is 11.1 Å². The topological polar surface area (TPSA) is 58.4 Å². The van der Waals surface area contributed by atoms with Gasteiger partial charge in [-0.1, -0.05) is 27.5 Å². The smallest absolute Gasteiger partial charge is 0.238 e. The number of likely N-dealkylation sites (tertiary alicyclic amines) is 1. The van der Waals surface area contributed by atoms with E-state index in [1.807, 2.05) is 6.07 Å². The SMILES string of the molecule is NCCC1CCCN(CC(=O)Nc2ccc(Br)cc2Cl)C1. The molecule has 0 radical (unpaired) electrons. The number of carbonyl (C=O) groups is 1. The molecule has 0 aromatic heterocycles. The van der Waals surface area contributed by atoms with Gasteiger partial charge in [-0.25, -0.2) is 0 Å². The van der Waals surface area contributed by atoms with Gasteiger partial charge in [-0.2, -0.15) is 0 Å². The van der Waals surface area contributed by atoms with Crippen LogP contribution in [-0.4, -0.2) is 37.0 Å². The fourth-order valence-electron chi connectivity index (χ4n) is 2.75. The highest BCUT2D eigenvalue weighted by molar-refractivity contribution is 9.10. The third-order valence-electron chi connectivity index (χ3n) is 3.75. The minimum Gasteiger partial charge on any atom is -0.330 e. The van der Waals surface area contributed by atoms with Crippen LogP contribution in [0.3, 0.4) is 0 Å². The molecule has 0 aliphatic carbocycles. The Morgan fingerprint density at radius 1 is 1.52 bits per heavy atom. The third-order valence-corrected chi connectivity index (χ3v) is 4.56. The van der Waals surface area contributed by atoms with Gasteiger partial charge in [-0.05, 0) is 56.5 Å². The van der Waals surface area contributed by atoms with Crippen LogP contribution in [0.1, 0.15) is 19.3 Å². The number of piperidine rings is 1. The molecule has 1 aromatic rings. The Morgan fingerprint density at radius 3 is 3.05 bits per heavy atom. The number of nitrogens with zero attached hydrogens (tertiary/aromatic N) is 1. The summed E-state index contributed by atoms with van der Waals surface area (Å²) >= 11 is 9.46. The first-order chi connectivity index (χ1) is 10.1. The van der Waals surface area contributed by atoms with E-state index in [-0.39, 0.29) is 5.91 Å². The Labute approximate surface area is 139 Å². The molecule has 116 valence electrons. The maximum absolute atomic E-state index is 12.1. The first kappa shape index (κ1) is 16.7. The second-order valence-corrected chi connectivity index (χ2v) is 6.82. The van der Waals surface area contributed by atoms with Crippen molar-refractivity contribution in [2.24, 2.45) is 11.7 Å². The van der Waals surface area contributed by atoms with Crippen LogP contribution in [0.25, 0.3) is 0 Å². The van der Waals surface area contributed by atoms with Gasteiger partial charge in [0, 0.05) is 11.0 Å². The molecule has 1 unspecified atom stereocenters. The molecule has 1 fully saturated rings. The molecule has 1 amide bonds. The van der Waals surface area contributed by atoms with Crippen molar-refractivity contribution in [2.45, 2.75) is 19.3 Å². The normalized spacial score (nSPS) is 19.5. The Morgan fingerprint density at radius 2 is 2.33 bits per heavy atom. The van der Waals surface area contributed by atoms with Gasteiger partial charge in [0.2, 0.25) is 5.91 Å². The van der Waals surface area contributed by atoms with Crippen LogP contribution in [0, 0.1) is 5.92 Å². The summed E-state index contributed by atoms with van der Waals surface area (Å²) in [5, 5.41) is 3.41. The molecule has 2 rings (SSSR count). The maximum Gasteiger partial charge on any atom is 0.238 e. The van der Waals surface area contributed by atoms with Gasteiger partial charge in [-0.15, -0.1) is 0 Å². The summed E-state index contributed by atoms with van der Waals surface area (Å²) in [6.45, 7) is 3.06. The molecule has 0 saturated carbocycles. The Kier molecular flexibility index (Phi) is 6.48. The molecule has 1 heterocycles. The fraction of sp³-hybridized carbons (Fsp3) is 0.533. The first-order valence-corrected chi connectivity index (χ1v) is 8.43. The second-order valence-electron chi connectivity index (χ2n) is 5.49. The predicted octanol–water partition coefficient (Wildman–Crippen LogP) is 3.10. The van der Waals surface area contributed by atoms with Gasteiger partial charge in [0.05, 0.1) is 17.3 Å². The summed E-state index contributed by atoms with van der Waals surface area (Å²) in [4.78, 5) is 14.3. The first-order valence-electron chi connectivity index (χ1n) is 7.26. The molecule has 6 heteroatoms. The van der Waals surface area contributed by atoms with Gasteiger partial charge in [0.15, 0.2) is 0 Å². The van der Waals surface area contributed by atoms with E-state index in [0.29, 0.717) is 23.2 Å². The molecule has 1 atom stereocenters. The Hall–Kier alpha value is -0.620. The standard InChI is InChI=1S/C15H21BrClN3O/c16-12-3-4-14(13(17)8-12)19-15(21)10-20-7-1-2-11(9-20)5-6-18/h3-4,8,11H,1-2,5-7,9-10,18H2,(H,19,21). The van der Waals surface area contributed by atoms with Crippen LogP contribution in [-0.2, 0) is 4.79 Å². The van der Waals surface area contributed by atoms with Crippen LogP contribution in [0.5, 0.6) is 0 Å². The quantitative estimate of drug-likeness (QED) is 0.832. The predicted molar refractivity (Wildman–Crippen MR) is 90.6 cm³/mol. The lowest BCUT2D eigenvalue weighted by Crippen LogP contribution is -2.40. The summed E-state index contributed by atoms with van der Waals surface area (Å²) in [5.41, 5.74) is 6.27. The van der Waals surface area contributed by atoms with Crippen molar-refractivity contribution in [3.8, 4) is 0 Å². The lowest BCUT2D eigenvalue weighted by atomic mass is 9.95. The average Bonchev–Trinajstić information content (AvgIpc) is 2.43. The van der Waals surface area contributed by atoms with Crippen molar-refractivity contribution < 1.29 is 4.79 Å². The Balaban J connectivity index is 1.86. The zero-order chi connectivity index (χ0) is 15.2. The maximum atomic E-state index is 12.1. The highest BCUT2D eigenvalue weighted by Gasteiger charge is 2.21. The van der Waals surface area contributed by atoms with E-state index < -0.39 is 0 Å². The zero-order valence-electron chi connectivity index (χ0n) is 11.9. The van der Waals surface area contributed by atoms with E-state index in [2.05, 4.69) is 26.1 Å². The van der Waals surface area contributed by atoms with Crippen molar-refractivity contribution in [1.29, 1.82) is 0 Å². The van der Waals surface area contributed by atoms with Crippen molar-refractivity contribution in [1.82, 2.24) is 4.90 Å². The third kappa shape index (κ3) is 5.25. The minimum atomic E-state index is -0.0207. The number of carbonyl (C=O) groups excluding carboxylic acids is 1. The molecule has 0 bridgehead atoms. The summed E-state index contributed by atoms with van der Waals surface area (Å²) in [5.74, 6) is 0.598. The molecule has 3 N–H and O–H groups in total. The lowest BCUT2D eigenvalue weighted by Gasteiger charge is -2.32. The zero-order valence-corrected chi connectivity index (χ0v) is 14.3. The average molecular weight is 375 g/mol. The van der Waals surface area contributed by atoms with Gasteiger partial charge < -0.3 is 11.1 Å². The molecule has 0 spiro atoms. The second kappa shape index (κ2) is 8.13. The van der Waals surface area contributed by atoms with Gasteiger partial charge in [0.1, 0.15) is 0 Å². The largest absolute Gasteiger partial charge is 0.330 e. The summed E-state index contributed by atoms with van der Waals surface area (Å²) in [6.07, 6.45) is 3.39. The lowest BCUT2D eigenvalue weighted by molar-refractivity contribution is -0.117. The van der Waals surface area contributed by atoms with Crippen LogP contribution in [0.15, 0.2) is 22.7 Å². The molecule has 21 heavy (non-hydrogen) atoms. The molecule has 1 aliphatic heterocycles. The Bertz CT molecular complexity index is 496. The molecular formula is C15H21BrClN3O. The molecular weight excluding hydrogens is 354 g/mol. The number of benzene rings is 1. The number of nitrogens with one attached hydrogen (secondary N) is 1. The van der Waals surface area contributed by atoms with Crippen molar-refractivity contribution >= 4 is 39.1 Å². The van der Waals surface area contributed by atoms with E-state index in [0.717, 1.165) is 36.9 Å². The van der Waals surface area contributed by atoms with E-state index in [4.69, 9.17) is 17.3 Å². The number of amides is 1. The number of anilines is 1. The van der Waals surface area contributed by atoms with Gasteiger partial charge in [0.25, 0.3) is 0 Å². The summed E-state index contributed by atoms with van der Waals surface area (Å²) < 4.78 is 0.895. The van der Waals surface area contributed by atoms with E-state index >= 15 is 0 Å². The molecule has 1 aliphatic rings. The van der Waals surface area contributed by atoms with Crippen LogP contribution in [0.4, 0.5) is 5.69 Å².